The van der Waals surface area contributed by atoms with Gasteiger partial charge in [-0.3, -0.25) is 4.68 Å². The summed E-state index contributed by atoms with van der Waals surface area (Å²) in [6.07, 6.45) is 1.90. The van der Waals surface area contributed by atoms with Crippen LogP contribution in [0.5, 0.6) is 0 Å². The Morgan fingerprint density at radius 1 is 1.43 bits per heavy atom. The Kier molecular flexibility index (Phi) is 4.94. The fourth-order valence-corrected chi connectivity index (χ4v) is 3.18. The summed E-state index contributed by atoms with van der Waals surface area (Å²) in [5, 5.41) is 18.5. The molecule has 0 aliphatic carbocycles. The zero-order valence-electron chi connectivity index (χ0n) is 14.1. The van der Waals surface area contributed by atoms with E-state index in [4.69, 9.17) is 0 Å². The zero-order chi connectivity index (χ0) is 15.6. The fraction of sp³-hybridized carbons (Fsp3) is 0.812. The molecule has 2 heterocycles. The van der Waals surface area contributed by atoms with Gasteiger partial charge < -0.3 is 15.3 Å². The van der Waals surface area contributed by atoms with Gasteiger partial charge in [0.05, 0.1) is 11.3 Å². The van der Waals surface area contributed by atoms with E-state index in [1.54, 1.807) is 0 Å². The molecule has 1 fully saturated rings. The summed E-state index contributed by atoms with van der Waals surface area (Å²) >= 11 is 0. The molecule has 1 aromatic heterocycles. The Morgan fingerprint density at radius 2 is 2.14 bits per heavy atom. The van der Waals surface area contributed by atoms with Crippen molar-refractivity contribution in [2.45, 2.75) is 52.7 Å². The second-order valence-corrected chi connectivity index (χ2v) is 7.06. The average Bonchev–Trinajstić information content (AvgIpc) is 2.62. The van der Waals surface area contributed by atoms with Crippen molar-refractivity contribution in [1.82, 2.24) is 15.1 Å². The number of aryl methyl sites for hydroxylation is 2. The average molecular weight is 294 g/mol. The number of hydrogen-bond acceptors (Lipinski definition) is 4. The molecule has 1 aromatic rings. The van der Waals surface area contributed by atoms with Crippen LogP contribution in [0.25, 0.3) is 0 Å². The van der Waals surface area contributed by atoms with Crippen molar-refractivity contribution in [2.75, 3.05) is 24.5 Å². The summed E-state index contributed by atoms with van der Waals surface area (Å²) in [6.45, 7) is 11.9. The van der Waals surface area contributed by atoms with Gasteiger partial charge in [0, 0.05) is 32.2 Å². The first-order valence-electron chi connectivity index (χ1n) is 8.00. The molecule has 2 rings (SSSR count). The summed E-state index contributed by atoms with van der Waals surface area (Å²) < 4.78 is 1.96. The molecular formula is C16H30N4O. The summed E-state index contributed by atoms with van der Waals surface area (Å²) in [4.78, 5) is 2.29. The number of rotatable bonds is 5. The minimum Gasteiger partial charge on any atom is -0.388 e. The van der Waals surface area contributed by atoms with Crippen molar-refractivity contribution < 1.29 is 5.11 Å². The predicted octanol–water partition coefficient (Wildman–Crippen LogP) is 1.83. The van der Waals surface area contributed by atoms with Crippen LogP contribution in [-0.4, -0.2) is 40.1 Å². The van der Waals surface area contributed by atoms with Gasteiger partial charge in [0.2, 0.25) is 0 Å². The van der Waals surface area contributed by atoms with E-state index < -0.39 is 5.60 Å². The Labute approximate surface area is 128 Å². The number of hydrogen-bond donors (Lipinski definition) is 2. The molecule has 2 N–H and O–H groups in total. The molecule has 120 valence electrons. The van der Waals surface area contributed by atoms with E-state index in [-0.39, 0.29) is 0 Å². The van der Waals surface area contributed by atoms with Crippen LogP contribution in [-0.2, 0) is 13.6 Å². The van der Waals surface area contributed by atoms with Gasteiger partial charge in [-0.2, -0.15) is 5.10 Å². The lowest BCUT2D eigenvalue weighted by Gasteiger charge is -2.38. The van der Waals surface area contributed by atoms with Crippen LogP contribution in [0.3, 0.4) is 0 Å². The van der Waals surface area contributed by atoms with E-state index >= 15 is 0 Å². The van der Waals surface area contributed by atoms with E-state index in [9.17, 15) is 5.11 Å². The van der Waals surface area contributed by atoms with Crippen molar-refractivity contribution in [2.24, 2.45) is 13.0 Å². The number of β-amino-alcohol motifs (C(OH)–C–C–N with tert-alkyl or cyclic N) is 1. The highest BCUT2D eigenvalue weighted by Crippen LogP contribution is 2.29. The van der Waals surface area contributed by atoms with Gasteiger partial charge in [-0.1, -0.05) is 13.8 Å². The van der Waals surface area contributed by atoms with Crippen LogP contribution in [0, 0.1) is 12.8 Å². The first-order valence-corrected chi connectivity index (χ1v) is 8.00. The Bertz CT molecular complexity index is 479. The molecule has 1 aliphatic heterocycles. The number of piperidine rings is 1. The van der Waals surface area contributed by atoms with Crippen molar-refractivity contribution >= 4 is 5.82 Å². The minimum atomic E-state index is -0.598. The molecule has 21 heavy (non-hydrogen) atoms. The first kappa shape index (κ1) is 16.3. The Morgan fingerprint density at radius 3 is 2.76 bits per heavy atom. The van der Waals surface area contributed by atoms with E-state index in [1.165, 1.54) is 5.56 Å². The summed E-state index contributed by atoms with van der Waals surface area (Å²) in [7, 11) is 2.00. The monoisotopic (exact) mass is 294 g/mol. The van der Waals surface area contributed by atoms with Crippen molar-refractivity contribution in [3.8, 4) is 0 Å². The predicted molar refractivity (Wildman–Crippen MR) is 86.6 cm³/mol. The Hall–Kier alpha value is -1.07. The third kappa shape index (κ3) is 3.98. The molecular weight excluding hydrogens is 264 g/mol. The third-order valence-corrected chi connectivity index (χ3v) is 4.14. The van der Waals surface area contributed by atoms with E-state index in [2.05, 4.69) is 36.1 Å². The second-order valence-electron chi connectivity index (χ2n) is 7.06. The number of anilines is 1. The summed E-state index contributed by atoms with van der Waals surface area (Å²) in [5.41, 5.74) is 1.74. The van der Waals surface area contributed by atoms with Gasteiger partial charge in [0.25, 0.3) is 0 Å². The molecule has 0 spiro atoms. The van der Waals surface area contributed by atoms with Gasteiger partial charge in [-0.15, -0.1) is 0 Å². The number of nitrogens with zero attached hydrogens (tertiary/aromatic N) is 3. The van der Waals surface area contributed by atoms with Gasteiger partial charge in [-0.25, -0.2) is 0 Å². The molecule has 0 radical (unpaired) electrons. The Balaban J connectivity index is 2.18. The topological polar surface area (TPSA) is 53.3 Å². The molecule has 1 atom stereocenters. The molecule has 0 aromatic carbocycles. The summed E-state index contributed by atoms with van der Waals surface area (Å²) in [5.74, 6) is 1.80. The lowest BCUT2D eigenvalue weighted by Crippen LogP contribution is -2.47. The highest BCUT2D eigenvalue weighted by molar-refractivity contribution is 5.51. The van der Waals surface area contributed by atoms with Gasteiger partial charge in [0.1, 0.15) is 5.82 Å². The largest absolute Gasteiger partial charge is 0.388 e. The van der Waals surface area contributed by atoms with Gasteiger partial charge in [-0.05, 0) is 39.2 Å². The van der Waals surface area contributed by atoms with Crippen LogP contribution >= 0.6 is 0 Å². The van der Waals surface area contributed by atoms with Crippen LogP contribution in [0.2, 0.25) is 0 Å². The highest BCUT2D eigenvalue weighted by atomic mass is 16.3. The van der Waals surface area contributed by atoms with E-state index in [1.807, 2.05) is 18.7 Å². The maximum atomic E-state index is 10.4. The number of aromatic nitrogens is 2. The van der Waals surface area contributed by atoms with Crippen molar-refractivity contribution in [1.29, 1.82) is 0 Å². The molecule has 0 bridgehead atoms. The molecule has 1 saturated heterocycles. The molecule has 1 unspecified atom stereocenters. The maximum Gasteiger partial charge on any atom is 0.131 e. The van der Waals surface area contributed by atoms with Crippen LogP contribution < -0.4 is 10.2 Å². The molecule has 0 amide bonds. The summed E-state index contributed by atoms with van der Waals surface area (Å²) in [6, 6.07) is 0. The van der Waals surface area contributed by atoms with Crippen molar-refractivity contribution in [3.63, 3.8) is 0 Å². The zero-order valence-corrected chi connectivity index (χ0v) is 14.1. The van der Waals surface area contributed by atoms with E-state index in [0.717, 1.165) is 44.0 Å². The van der Waals surface area contributed by atoms with E-state index in [0.29, 0.717) is 12.5 Å². The van der Waals surface area contributed by atoms with Crippen LogP contribution in [0.1, 0.15) is 44.9 Å². The van der Waals surface area contributed by atoms with Crippen LogP contribution in [0.15, 0.2) is 0 Å². The van der Waals surface area contributed by atoms with Gasteiger partial charge >= 0.3 is 0 Å². The third-order valence-electron chi connectivity index (χ3n) is 4.14. The fourth-order valence-electron chi connectivity index (χ4n) is 3.18. The number of nitrogens with one attached hydrogen (secondary N) is 1. The molecule has 5 heteroatoms. The smallest absolute Gasteiger partial charge is 0.131 e. The second kappa shape index (κ2) is 6.36. The van der Waals surface area contributed by atoms with Crippen LogP contribution in [0.4, 0.5) is 5.82 Å². The SMILES string of the molecule is Cc1nn(C)c(N2CCCC(C)(O)C2)c1CNCC(C)C. The normalized spacial score (nSPS) is 23.1. The maximum absolute atomic E-state index is 10.4. The highest BCUT2D eigenvalue weighted by Gasteiger charge is 2.31. The minimum absolute atomic E-state index is 0.598. The van der Waals surface area contributed by atoms with Gasteiger partial charge in [0.15, 0.2) is 0 Å². The lowest BCUT2D eigenvalue weighted by molar-refractivity contribution is 0.0445. The molecule has 5 nitrogen and oxygen atoms in total. The molecule has 0 saturated carbocycles. The first-order chi connectivity index (χ1) is 9.80. The standard InChI is InChI=1S/C16H30N4O/c1-12(2)9-17-10-14-13(3)18-19(5)15(14)20-8-6-7-16(4,21)11-20/h12,17,21H,6-11H2,1-5H3. The lowest BCUT2D eigenvalue weighted by atomic mass is 9.95. The number of aliphatic hydroxyl groups is 1. The quantitative estimate of drug-likeness (QED) is 0.870. The van der Waals surface area contributed by atoms with Crippen molar-refractivity contribution in [3.05, 3.63) is 11.3 Å². The molecule has 1 aliphatic rings.